The molecule has 0 saturated heterocycles. The van der Waals surface area contributed by atoms with Gasteiger partial charge in [0.1, 0.15) is 13.2 Å². The molecular weight excluding hydrogens is 238 g/mol. The van der Waals surface area contributed by atoms with E-state index in [4.69, 9.17) is 9.47 Å². The van der Waals surface area contributed by atoms with Crippen molar-refractivity contribution < 1.29 is 9.47 Å². The smallest absolute Gasteiger partial charge is 0.161 e. The van der Waals surface area contributed by atoms with Gasteiger partial charge in [-0.2, -0.15) is 0 Å². The third-order valence-corrected chi connectivity index (χ3v) is 4.75. The zero-order valence-electron chi connectivity index (χ0n) is 11.3. The molecule has 3 aliphatic rings. The molecule has 102 valence electrons. The Bertz CT molecular complexity index is 478. The maximum Gasteiger partial charge on any atom is 0.161 e. The standard InChI is InChI=1S/C16H21NO2/c1-4-14-15(19-8-7-18-14)9-12(1)10-17-11-16(5-6-16)13-2-3-13/h1,4,9,13,17H,2-3,5-8,10-11H2. The van der Waals surface area contributed by atoms with Crippen molar-refractivity contribution in [2.45, 2.75) is 32.2 Å². The topological polar surface area (TPSA) is 30.5 Å². The van der Waals surface area contributed by atoms with Crippen LogP contribution in [0.2, 0.25) is 0 Å². The number of benzene rings is 1. The van der Waals surface area contributed by atoms with E-state index in [1.165, 1.54) is 37.8 Å². The van der Waals surface area contributed by atoms with Crippen molar-refractivity contribution in [3.8, 4) is 11.5 Å². The Morgan fingerprint density at radius 2 is 1.89 bits per heavy atom. The van der Waals surface area contributed by atoms with Crippen LogP contribution in [0.25, 0.3) is 0 Å². The van der Waals surface area contributed by atoms with Crippen LogP contribution in [0.15, 0.2) is 18.2 Å². The minimum atomic E-state index is 0.661. The molecule has 0 bridgehead atoms. The number of ether oxygens (including phenoxy) is 2. The summed E-state index contributed by atoms with van der Waals surface area (Å²) in [6.45, 7) is 3.44. The zero-order chi connectivity index (χ0) is 12.7. The molecule has 1 N–H and O–H groups in total. The summed E-state index contributed by atoms with van der Waals surface area (Å²) in [7, 11) is 0. The van der Waals surface area contributed by atoms with Crippen molar-refractivity contribution >= 4 is 0 Å². The Labute approximate surface area is 114 Å². The van der Waals surface area contributed by atoms with E-state index >= 15 is 0 Å². The monoisotopic (exact) mass is 259 g/mol. The van der Waals surface area contributed by atoms with E-state index in [0.717, 1.165) is 24.0 Å². The van der Waals surface area contributed by atoms with E-state index in [0.29, 0.717) is 18.6 Å². The Balaban J connectivity index is 1.35. The van der Waals surface area contributed by atoms with Gasteiger partial charge in [0.2, 0.25) is 0 Å². The van der Waals surface area contributed by atoms with Gasteiger partial charge in [0.15, 0.2) is 11.5 Å². The third kappa shape index (κ3) is 2.32. The summed E-state index contributed by atoms with van der Waals surface area (Å²) in [5, 5.41) is 3.64. The molecule has 1 aromatic rings. The minimum absolute atomic E-state index is 0.661. The van der Waals surface area contributed by atoms with E-state index in [9.17, 15) is 0 Å². The highest BCUT2D eigenvalue weighted by Crippen LogP contribution is 2.60. The van der Waals surface area contributed by atoms with Crippen LogP contribution in [-0.2, 0) is 6.54 Å². The fourth-order valence-corrected chi connectivity index (χ4v) is 3.24. The van der Waals surface area contributed by atoms with Crippen LogP contribution >= 0.6 is 0 Å². The quantitative estimate of drug-likeness (QED) is 0.882. The molecule has 2 saturated carbocycles. The summed E-state index contributed by atoms with van der Waals surface area (Å²) in [5.74, 6) is 2.81. The van der Waals surface area contributed by atoms with E-state index in [1.807, 2.05) is 6.07 Å². The highest BCUT2D eigenvalue weighted by molar-refractivity contribution is 5.43. The summed E-state index contributed by atoms with van der Waals surface area (Å²) < 4.78 is 11.2. The Morgan fingerprint density at radius 3 is 2.63 bits per heavy atom. The molecule has 1 aromatic carbocycles. The maximum absolute atomic E-state index is 5.62. The minimum Gasteiger partial charge on any atom is -0.486 e. The summed E-state index contributed by atoms with van der Waals surface area (Å²) in [6, 6.07) is 6.27. The van der Waals surface area contributed by atoms with Gasteiger partial charge in [-0.1, -0.05) is 6.07 Å². The molecule has 19 heavy (non-hydrogen) atoms. The lowest BCUT2D eigenvalue weighted by Gasteiger charge is -2.19. The third-order valence-electron chi connectivity index (χ3n) is 4.75. The summed E-state index contributed by atoms with van der Waals surface area (Å²) in [6.07, 6.45) is 5.80. The predicted molar refractivity (Wildman–Crippen MR) is 73.5 cm³/mol. The first-order chi connectivity index (χ1) is 9.36. The van der Waals surface area contributed by atoms with E-state index in [-0.39, 0.29) is 0 Å². The molecule has 0 unspecified atom stereocenters. The van der Waals surface area contributed by atoms with E-state index in [1.54, 1.807) is 0 Å². The first-order valence-corrected chi connectivity index (χ1v) is 7.45. The molecule has 1 aliphatic heterocycles. The van der Waals surface area contributed by atoms with E-state index < -0.39 is 0 Å². The number of fused-ring (bicyclic) bond motifs is 1. The second-order valence-corrected chi connectivity index (χ2v) is 6.22. The fourth-order valence-electron chi connectivity index (χ4n) is 3.24. The molecule has 3 nitrogen and oxygen atoms in total. The average molecular weight is 259 g/mol. The van der Waals surface area contributed by atoms with Crippen molar-refractivity contribution in [3.63, 3.8) is 0 Å². The van der Waals surface area contributed by atoms with Crippen molar-refractivity contribution in [1.29, 1.82) is 0 Å². The molecule has 0 amide bonds. The lowest BCUT2D eigenvalue weighted by molar-refractivity contribution is 0.171. The van der Waals surface area contributed by atoms with Crippen LogP contribution < -0.4 is 14.8 Å². The number of hydrogen-bond acceptors (Lipinski definition) is 3. The van der Waals surface area contributed by atoms with Crippen LogP contribution in [0.1, 0.15) is 31.2 Å². The van der Waals surface area contributed by atoms with Gasteiger partial charge in [-0.15, -0.1) is 0 Å². The average Bonchev–Trinajstić information content (AvgIpc) is 3.31. The summed E-state index contributed by atoms with van der Waals surface area (Å²) >= 11 is 0. The Morgan fingerprint density at radius 1 is 1.11 bits per heavy atom. The molecule has 4 rings (SSSR count). The lowest BCUT2D eigenvalue weighted by atomic mass is 10.0. The molecule has 0 aromatic heterocycles. The van der Waals surface area contributed by atoms with Crippen LogP contribution in [-0.4, -0.2) is 19.8 Å². The van der Waals surface area contributed by atoms with Gasteiger partial charge >= 0.3 is 0 Å². The van der Waals surface area contributed by atoms with Crippen molar-refractivity contribution in [2.24, 2.45) is 11.3 Å². The Kier molecular flexibility index (Phi) is 2.69. The van der Waals surface area contributed by atoms with Gasteiger partial charge in [0, 0.05) is 13.1 Å². The highest BCUT2D eigenvalue weighted by Gasteiger charge is 2.53. The second kappa shape index (κ2) is 4.41. The molecule has 3 heteroatoms. The molecule has 1 heterocycles. The van der Waals surface area contributed by atoms with Gasteiger partial charge in [-0.25, -0.2) is 0 Å². The molecule has 0 atom stereocenters. The summed E-state index contributed by atoms with van der Waals surface area (Å²) in [4.78, 5) is 0. The fraction of sp³-hybridized carbons (Fsp3) is 0.625. The number of rotatable bonds is 5. The molecular formula is C16H21NO2. The van der Waals surface area contributed by atoms with Gasteiger partial charge in [-0.05, 0) is 54.7 Å². The normalized spacial score (nSPS) is 23.2. The number of nitrogens with one attached hydrogen (secondary N) is 1. The van der Waals surface area contributed by atoms with Crippen LogP contribution in [0.5, 0.6) is 11.5 Å². The Hall–Kier alpha value is -1.22. The largest absolute Gasteiger partial charge is 0.486 e. The molecule has 2 aliphatic carbocycles. The first-order valence-electron chi connectivity index (χ1n) is 7.45. The molecule has 0 spiro atoms. The maximum atomic E-state index is 5.62. The first kappa shape index (κ1) is 11.6. The SMILES string of the molecule is c1cc2c(cc1CNCC1(C3CC3)CC1)OCCO2. The van der Waals surface area contributed by atoms with Gasteiger partial charge in [0.05, 0.1) is 0 Å². The summed E-state index contributed by atoms with van der Waals surface area (Å²) in [5.41, 5.74) is 1.96. The van der Waals surface area contributed by atoms with Crippen LogP contribution in [0.4, 0.5) is 0 Å². The second-order valence-electron chi connectivity index (χ2n) is 6.22. The zero-order valence-corrected chi connectivity index (χ0v) is 11.3. The number of hydrogen-bond donors (Lipinski definition) is 1. The van der Waals surface area contributed by atoms with Crippen molar-refractivity contribution in [2.75, 3.05) is 19.8 Å². The molecule has 2 fully saturated rings. The van der Waals surface area contributed by atoms with Gasteiger partial charge < -0.3 is 14.8 Å². The predicted octanol–water partition coefficient (Wildman–Crippen LogP) is 2.74. The molecule has 0 radical (unpaired) electrons. The van der Waals surface area contributed by atoms with Gasteiger partial charge in [0.25, 0.3) is 0 Å². The van der Waals surface area contributed by atoms with E-state index in [2.05, 4.69) is 17.4 Å². The van der Waals surface area contributed by atoms with Crippen molar-refractivity contribution in [1.82, 2.24) is 5.32 Å². The van der Waals surface area contributed by atoms with Crippen molar-refractivity contribution in [3.05, 3.63) is 23.8 Å². The van der Waals surface area contributed by atoms with Crippen LogP contribution in [0.3, 0.4) is 0 Å². The van der Waals surface area contributed by atoms with Gasteiger partial charge in [-0.3, -0.25) is 0 Å². The highest BCUT2D eigenvalue weighted by atomic mass is 16.6. The lowest BCUT2D eigenvalue weighted by Crippen LogP contribution is -2.25. The van der Waals surface area contributed by atoms with Crippen LogP contribution in [0, 0.1) is 11.3 Å².